The molecule has 0 bridgehead atoms. The highest BCUT2D eigenvalue weighted by atomic mass is 16.4. The Kier molecular flexibility index (Phi) is 4.88. The van der Waals surface area contributed by atoms with Crippen molar-refractivity contribution in [2.24, 2.45) is 5.92 Å². The Bertz CT molecular complexity index is 834. The molecule has 2 N–H and O–H groups in total. The van der Waals surface area contributed by atoms with E-state index in [1.807, 2.05) is 29.8 Å². The number of carboxylic acids is 1. The van der Waals surface area contributed by atoms with Crippen LogP contribution in [0.3, 0.4) is 0 Å². The largest absolute Gasteiger partial charge is 0.481 e. The number of benzene rings is 1. The van der Waals surface area contributed by atoms with Crippen molar-refractivity contribution in [3.63, 3.8) is 0 Å². The van der Waals surface area contributed by atoms with Crippen molar-refractivity contribution in [3.8, 4) is 11.4 Å². The summed E-state index contributed by atoms with van der Waals surface area (Å²) in [5.41, 5.74) is 2.25. The molecule has 3 rings (SSSR count). The summed E-state index contributed by atoms with van der Waals surface area (Å²) < 4.78 is 1.81. The normalized spacial score (nSPS) is 18.4. The fraction of sp³-hybridized carbons (Fsp3) is 0.471. The number of nitrogens with zero attached hydrogens (tertiary/aromatic N) is 5. The molecule has 138 valence electrons. The van der Waals surface area contributed by atoms with Crippen molar-refractivity contribution >= 4 is 17.7 Å². The van der Waals surface area contributed by atoms with Gasteiger partial charge in [-0.1, -0.05) is 19.1 Å². The van der Waals surface area contributed by atoms with Gasteiger partial charge in [0.25, 0.3) is 0 Å². The molecule has 0 saturated heterocycles. The van der Waals surface area contributed by atoms with Crippen molar-refractivity contribution in [2.45, 2.75) is 32.7 Å². The van der Waals surface area contributed by atoms with E-state index in [1.54, 1.807) is 7.05 Å². The average Bonchev–Trinajstić information content (AvgIpc) is 3.13. The number of anilines is 1. The molecule has 0 aliphatic heterocycles. The molecule has 2 aromatic rings. The molecule has 9 nitrogen and oxygen atoms in total. The predicted molar refractivity (Wildman–Crippen MR) is 94.7 cm³/mol. The number of amides is 2. The topological polar surface area (TPSA) is 113 Å². The molecule has 26 heavy (non-hydrogen) atoms. The van der Waals surface area contributed by atoms with Crippen LogP contribution in [-0.2, 0) is 4.79 Å². The van der Waals surface area contributed by atoms with E-state index in [2.05, 4.69) is 27.8 Å². The predicted octanol–water partition coefficient (Wildman–Crippen LogP) is 2.17. The van der Waals surface area contributed by atoms with Gasteiger partial charge in [0, 0.05) is 19.2 Å². The first-order valence-corrected chi connectivity index (χ1v) is 8.50. The maximum Gasteiger partial charge on any atom is 0.321 e. The number of aryl methyl sites for hydroxylation is 1. The third-order valence-electron chi connectivity index (χ3n) is 4.63. The molecule has 0 radical (unpaired) electrons. The Labute approximate surface area is 151 Å². The molecule has 0 unspecified atom stereocenters. The van der Waals surface area contributed by atoms with Crippen LogP contribution in [-0.4, -0.2) is 55.8 Å². The minimum atomic E-state index is -0.945. The van der Waals surface area contributed by atoms with Crippen LogP contribution in [0, 0.1) is 12.8 Å². The van der Waals surface area contributed by atoms with Crippen molar-refractivity contribution in [2.75, 3.05) is 18.9 Å². The lowest BCUT2D eigenvalue weighted by Crippen LogP contribution is -2.33. The van der Waals surface area contributed by atoms with Gasteiger partial charge in [-0.15, -0.1) is 5.10 Å². The van der Waals surface area contributed by atoms with Gasteiger partial charge >= 0.3 is 12.0 Å². The van der Waals surface area contributed by atoms with Gasteiger partial charge in [0.15, 0.2) is 5.82 Å². The number of urea groups is 1. The lowest BCUT2D eigenvalue weighted by atomic mass is 10.1. The maximum atomic E-state index is 12.4. The van der Waals surface area contributed by atoms with E-state index in [4.69, 9.17) is 5.11 Å². The summed E-state index contributed by atoms with van der Waals surface area (Å²) in [5.74, 6) is 0.202. The summed E-state index contributed by atoms with van der Waals surface area (Å²) in [5, 5.41) is 23.7. The van der Waals surface area contributed by atoms with E-state index in [9.17, 15) is 9.59 Å². The van der Waals surface area contributed by atoms with Crippen LogP contribution in [0.15, 0.2) is 18.2 Å². The Hall–Kier alpha value is -2.97. The van der Waals surface area contributed by atoms with Crippen LogP contribution < -0.4 is 5.32 Å². The average molecular weight is 358 g/mol. The first-order valence-electron chi connectivity index (χ1n) is 8.50. The van der Waals surface area contributed by atoms with E-state index in [0.717, 1.165) is 17.5 Å². The number of aliphatic carboxylic acids is 1. The molecule has 1 aromatic carbocycles. The zero-order chi connectivity index (χ0) is 18.8. The lowest BCUT2D eigenvalue weighted by Gasteiger charge is -2.19. The second-order valence-electron chi connectivity index (χ2n) is 6.72. The fourth-order valence-corrected chi connectivity index (χ4v) is 2.82. The summed E-state index contributed by atoms with van der Waals surface area (Å²) in [4.78, 5) is 24.5. The number of rotatable bonds is 6. The van der Waals surface area contributed by atoms with E-state index in [-0.39, 0.29) is 25.0 Å². The number of para-hydroxylation sites is 1. The molecule has 1 heterocycles. The van der Waals surface area contributed by atoms with Crippen LogP contribution in [0.2, 0.25) is 0 Å². The molecule has 2 atom stereocenters. The fourth-order valence-electron chi connectivity index (χ4n) is 2.82. The number of carboxylic acid groups (broad SMARTS) is 1. The van der Waals surface area contributed by atoms with Gasteiger partial charge in [-0.3, -0.25) is 4.79 Å². The second kappa shape index (κ2) is 7.11. The summed E-state index contributed by atoms with van der Waals surface area (Å²) in [7, 11) is 1.56. The minimum Gasteiger partial charge on any atom is -0.481 e. The van der Waals surface area contributed by atoms with Crippen LogP contribution in [0.5, 0.6) is 0 Å². The molecule has 1 aromatic heterocycles. The standard InChI is InChI=1S/C17H22N6O3/c1-10-5-4-6-12(16-19-20-21-23(16)13-9-11(13)2)15(10)18-17(26)22(3)8-7-14(24)25/h4-6,11,13H,7-9H2,1-3H3,(H,18,26)(H,24,25)/t11-,13-/m1/s1. The summed E-state index contributed by atoms with van der Waals surface area (Å²) in [6.45, 7) is 4.16. The number of carbonyl (C=O) groups excluding carboxylic acids is 1. The van der Waals surface area contributed by atoms with Crippen molar-refractivity contribution in [1.82, 2.24) is 25.1 Å². The molecular formula is C17H22N6O3. The Morgan fingerprint density at radius 2 is 2.15 bits per heavy atom. The van der Waals surface area contributed by atoms with Crippen LogP contribution in [0.1, 0.15) is 31.4 Å². The number of nitrogens with one attached hydrogen (secondary N) is 1. The minimum absolute atomic E-state index is 0.109. The zero-order valence-electron chi connectivity index (χ0n) is 15.0. The Balaban J connectivity index is 1.86. The van der Waals surface area contributed by atoms with Gasteiger partial charge < -0.3 is 15.3 Å². The number of aromatic nitrogens is 4. The van der Waals surface area contributed by atoms with Gasteiger partial charge in [-0.2, -0.15) is 0 Å². The molecule has 0 spiro atoms. The second-order valence-corrected chi connectivity index (χ2v) is 6.72. The Morgan fingerprint density at radius 1 is 1.42 bits per heavy atom. The van der Waals surface area contributed by atoms with Gasteiger partial charge in [0.2, 0.25) is 0 Å². The van der Waals surface area contributed by atoms with E-state index in [1.165, 1.54) is 4.90 Å². The van der Waals surface area contributed by atoms with Gasteiger partial charge in [0.1, 0.15) is 0 Å². The van der Waals surface area contributed by atoms with Crippen molar-refractivity contribution < 1.29 is 14.7 Å². The molecular weight excluding hydrogens is 336 g/mol. The number of tetrazole rings is 1. The summed E-state index contributed by atoms with van der Waals surface area (Å²) >= 11 is 0. The number of hydrogen-bond acceptors (Lipinski definition) is 5. The van der Waals surface area contributed by atoms with Crippen molar-refractivity contribution in [1.29, 1.82) is 0 Å². The van der Waals surface area contributed by atoms with Gasteiger partial charge in [-0.25, -0.2) is 9.48 Å². The highest BCUT2D eigenvalue weighted by Crippen LogP contribution is 2.44. The molecule has 1 aliphatic rings. The van der Waals surface area contributed by atoms with Crippen LogP contribution in [0.4, 0.5) is 10.5 Å². The van der Waals surface area contributed by atoms with Crippen molar-refractivity contribution in [3.05, 3.63) is 23.8 Å². The van der Waals surface area contributed by atoms with Crippen LogP contribution in [0.25, 0.3) is 11.4 Å². The number of carbonyl (C=O) groups is 2. The van der Waals surface area contributed by atoms with Gasteiger partial charge in [-0.05, 0) is 41.3 Å². The lowest BCUT2D eigenvalue weighted by molar-refractivity contribution is -0.137. The molecule has 2 amide bonds. The third-order valence-corrected chi connectivity index (χ3v) is 4.63. The SMILES string of the molecule is Cc1cccc(-c2nnnn2[C@@H]2C[C@H]2C)c1NC(=O)N(C)CCC(=O)O. The molecule has 9 heteroatoms. The quantitative estimate of drug-likeness (QED) is 0.818. The maximum absolute atomic E-state index is 12.4. The van der Waals surface area contributed by atoms with Gasteiger partial charge in [0.05, 0.1) is 18.2 Å². The zero-order valence-corrected chi connectivity index (χ0v) is 15.0. The highest BCUT2D eigenvalue weighted by molar-refractivity contribution is 5.94. The van der Waals surface area contributed by atoms with Crippen LogP contribution >= 0.6 is 0 Å². The summed E-state index contributed by atoms with van der Waals surface area (Å²) in [6, 6.07) is 5.56. The summed E-state index contributed by atoms with van der Waals surface area (Å²) in [6.07, 6.45) is 0.922. The monoisotopic (exact) mass is 358 g/mol. The number of hydrogen-bond donors (Lipinski definition) is 2. The third kappa shape index (κ3) is 3.66. The first-order chi connectivity index (χ1) is 12.4. The van der Waals surface area contributed by atoms with E-state index >= 15 is 0 Å². The molecule has 1 saturated carbocycles. The van der Waals surface area contributed by atoms with E-state index < -0.39 is 5.97 Å². The smallest absolute Gasteiger partial charge is 0.321 e. The van der Waals surface area contributed by atoms with E-state index in [0.29, 0.717) is 17.4 Å². The molecule has 1 aliphatic carbocycles. The first kappa shape index (κ1) is 17.8. The highest BCUT2D eigenvalue weighted by Gasteiger charge is 2.37. The Morgan fingerprint density at radius 3 is 2.81 bits per heavy atom. The molecule has 1 fully saturated rings.